The third-order valence-electron chi connectivity index (χ3n) is 2.33. The Bertz CT molecular complexity index is 448. The maximum atomic E-state index is 4.24. The zero-order valence-corrected chi connectivity index (χ0v) is 9.06. The Kier molecular flexibility index (Phi) is 2.91. The van der Waals surface area contributed by atoms with Crippen molar-refractivity contribution in [1.82, 2.24) is 24.9 Å². The van der Waals surface area contributed by atoms with E-state index < -0.39 is 0 Å². The summed E-state index contributed by atoms with van der Waals surface area (Å²) in [6.45, 7) is 2.95. The first kappa shape index (κ1) is 10.0. The van der Waals surface area contributed by atoms with Gasteiger partial charge in [-0.15, -0.1) is 10.2 Å². The van der Waals surface area contributed by atoms with Crippen molar-refractivity contribution >= 4 is 5.65 Å². The molecule has 5 heteroatoms. The highest BCUT2D eigenvalue weighted by Crippen LogP contribution is 2.05. The first-order valence-corrected chi connectivity index (χ1v) is 5.12. The van der Waals surface area contributed by atoms with Crippen LogP contribution in [0, 0.1) is 6.92 Å². The van der Waals surface area contributed by atoms with Crippen LogP contribution in [0.4, 0.5) is 0 Å². The van der Waals surface area contributed by atoms with Gasteiger partial charge in [-0.1, -0.05) is 0 Å². The van der Waals surface area contributed by atoms with Gasteiger partial charge < -0.3 is 5.32 Å². The Labute approximate surface area is 88.6 Å². The molecule has 2 heterocycles. The highest BCUT2D eigenvalue weighted by Gasteiger charge is 2.04. The van der Waals surface area contributed by atoms with Gasteiger partial charge in [-0.05, 0) is 26.9 Å². The van der Waals surface area contributed by atoms with Crippen molar-refractivity contribution < 1.29 is 0 Å². The van der Waals surface area contributed by atoms with Crippen molar-refractivity contribution in [3.63, 3.8) is 0 Å². The van der Waals surface area contributed by atoms with E-state index in [-0.39, 0.29) is 0 Å². The van der Waals surface area contributed by atoms with Crippen molar-refractivity contribution in [2.45, 2.75) is 19.8 Å². The molecule has 0 saturated heterocycles. The molecule has 0 fully saturated rings. The SMILES string of the molecule is CNCCCc1nnc2cc(C)ncn12. The Hall–Kier alpha value is -1.49. The summed E-state index contributed by atoms with van der Waals surface area (Å²) in [5.74, 6) is 0.979. The molecular weight excluding hydrogens is 190 g/mol. The Morgan fingerprint density at radius 1 is 1.40 bits per heavy atom. The molecule has 0 aromatic carbocycles. The summed E-state index contributed by atoms with van der Waals surface area (Å²) in [6.07, 6.45) is 3.78. The van der Waals surface area contributed by atoms with E-state index in [0.717, 1.165) is 36.6 Å². The second-order valence-electron chi connectivity index (χ2n) is 3.58. The summed E-state index contributed by atoms with van der Waals surface area (Å²) in [4.78, 5) is 4.24. The van der Waals surface area contributed by atoms with Crippen LogP contribution in [0.3, 0.4) is 0 Å². The van der Waals surface area contributed by atoms with Gasteiger partial charge >= 0.3 is 0 Å². The lowest BCUT2D eigenvalue weighted by molar-refractivity contribution is 0.696. The van der Waals surface area contributed by atoms with Gasteiger partial charge in [-0.2, -0.15) is 0 Å². The first-order chi connectivity index (χ1) is 7.31. The standard InChI is InChI=1S/C10H15N5/c1-8-6-10-14-13-9(4-3-5-11-2)15(10)7-12-8/h6-7,11H,3-5H2,1-2H3. The van der Waals surface area contributed by atoms with E-state index in [1.807, 2.05) is 24.4 Å². The highest BCUT2D eigenvalue weighted by atomic mass is 15.3. The van der Waals surface area contributed by atoms with Gasteiger partial charge in [-0.3, -0.25) is 4.40 Å². The van der Waals surface area contributed by atoms with Gasteiger partial charge in [0, 0.05) is 18.2 Å². The molecule has 2 aromatic rings. The number of rotatable bonds is 4. The third-order valence-corrected chi connectivity index (χ3v) is 2.33. The molecule has 2 rings (SSSR count). The lowest BCUT2D eigenvalue weighted by atomic mass is 10.3. The molecule has 15 heavy (non-hydrogen) atoms. The monoisotopic (exact) mass is 205 g/mol. The van der Waals surface area contributed by atoms with Gasteiger partial charge in [0.2, 0.25) is 0 Å². The van der Waals surface area contributed by atoms with Gasteiger partial charge in [0.25, 0.3) is 0 Å². The molecule has 1 N–H and O–H groups in total. The number of nitrogens with one attached hydrogen (secondary N) is 1. The van der Waals surface area contributed by atoms with Crippen molar-refractivity contribution in [1.29, 1.82) is 0 Å². The van der Waals surface area contributed by atoms with E-state index in [1.54, 1.807) is 6.33 Å². The molecule has 0 aliphatic carbocycles. The second-order valence-corrected chi connectivity index (χ2v) is 3.58. The van der Waals surface area contributed by atoms with Crippen molar-refractivity contribution in [2.75, 3.05) is 13.6 Å². The lowest BCUT2D eigenvalue weighted by Crippen LogP contribution is -2.09. The number of hydrogen-bond acceptors (Lipinski definition) is 4. The summed E-state index contributed by atoms with van der Waals surface area (Å²) in [5.41, 5.74) is 1.85. The topological polar surface area (TPSA) is 55.1 Å². The van der Waals surface area contributed by atoms with Gasteiger partial charge in [0.1, 0.15) is 12.2 Å². The van der Waals surface area contributed by atoms with E-state index in [9.17, 15) is 0 Å². The number of aromatic nitrogens is 4. The Morgan fingerprint density at radius 2 is 2.27 bits per heavy atom. The van der Waals surface area contributed by atoms with Crippen molar-refractivity contribution in [3.8, 4) is 0 Å². The van der Waals surface area contributed by atoms with Crippen LogP contribution < -0.4 is 5.32 Å². The normalized spacial score (nSPS) is 11.1. The molecule has 0 amide bonds. The van der Waals surface area contributed by atoms with E-state index in [1.165, 1.54) is 0 Å². The summed E-state index contributed by atoms with van der Waals surface area (Å²) in [5, 5.41) is 11.4. The summed E-state index contributed by atoms with van der Waals surface area (Å²) < 4.78 is 1.95. The third kappa shape index (κ3) is 2.12. The Morgan fingerprint density at radius 3 is 3.07 bits per heavy atom. The van der Waals surface area contributed by atoms with Gasteiger partial charge in [-0.25, -0.2) is 4.98 Å². The van der Waals surface area contributed by atoms with E-state index >= 15 is 0 Å². The molecule has 0 aliphatic rings. The maximum Gasteiger partial charge on any atom is 0.163 e. The quantitative estimate of drug-likeness (QED) is 0.742. The molecule has 0 atom stereocenters. The molecular formula is C10H15N5. The minimum Gasteiger partial charge on any atom is -0.320 e. The second kappa shape index (κ2) is 4.35. The molecule has 0 unspecified atom stereocenters. The number of nitrogens with zero attached hydrogens (tertiary/aromatic N) is 4. The van der Waals surface area contributed by atoms with Crippen molar-refractivity contribution in [2.24, 2.45) is 0 Å². The predicted molar refractivity (Wildman–Crippen MR) is 57.8 cm³/mol. The van der Waals surface area contributed by atoms with Crippen LogP contribution in [-0.2, 0) is 6.42 Å². The molecule has 2 aromatic heterocycles. The average molecular weight is 205 g/mol. The Balaban J connectivity index is 2.21. The fourth-order valence-electron chi connectivity index (χ4n) is 1.53. The lowest BCUT2D eigenvalue weighted by Gasteiger charge is -1.99. The molecule has 5 nitrogen and oxygen atoms in total. The number of fused-ring (bicyclic) bond motifs is 1. The zero-order chi connectivity index (χ0) is 10.7. The minimum atomic E-state index is 0.877. The van der Waals surface area contributed by atoms with Crippen LogP contribution in [0.25, 0.3) is 5.65 Å². The molecule has 0 spiro atoms. The molecule has 0 radical (unpaired) electrons. The van der Waals surface area contributed by atoms with Crippen molar-refractivity contribution in [3.05, 3.63) is 23.9 Å². The zero-order valence-electron chi connectivity index (χ0n) is 9.06. The van der Waals surface area contributed by atoms with Crippen LogP contribution in [0.5, 0.6) is 0 Å². The summed E-state index contributed by atoms with van der Waals surface area (Å²) in [7, 11) is 1.95. The summed E-state index contributed by atoms with van der Waals surface area (Å²) >= 11 is 0. The molecule has 0 saturated carbocycles. The number of hydrogen-bond donors (Lipinski definition) is 1. The minimum absolute atomic E-state index is 0.877. The number of aryl methyl sites for hydroxylation is 2. The van der Waals surface area contributed by atoms with E-state index in [2.05, 4.69) is 20.5 Å². The largest absolute Gasteiger partial charge is 0.320 e. The van der Waals surface area contributed by atoms with Gasteiger partial charge in [0.05, 0.1) is 0 Å². The van der Waals surface area contributed by atoms with Crippen LogP contribution in [0.15, 0.2) is 12.4 Å². The van der Waals surface area contributed by atoms with Crippen LogP contribution >= 0.6 is 0 Å². The first-order valence-electron chi connectivity index (χ1n) is 5.12. The maximum absolute atomic E-state index is 4.24. The molecule has 0 bridgehead atoms. The summed E-state index contributed by atoms with van der Waals surface area (Å²) in [6, 6.07) is 1.94. The predicted octanol–water partition coefficient (Wildman–Crippen LogP) is 0.585. The van der Waals surface area contributed by atoms with Crippen LogP contribution in [-0.4, -0.2) is 33.2 Å². The van der Waals surface area contributed by atoms with E-state index in [4.69, 9.17) is 0 Å². The highest BCUT2D eigenvalue weighted by molar-refractivity contribution is 5.37. The van der Waals surface area contributed by atoms with E-state index in [0.29, 0.717) is 0 Å². The van der Waals surface area contributed by atoms with Crippen LogP contribution in [0.2, 0.25) is 0 Å². The smallest absolute Gasteiger partial charge is 0.163 e. The van der Waals surface area contributed by atoms with Gasteiger partial charge in [0.15, 0.2) is 5.65 Å². The fourth-order valence-corrected chi connectivity index (χ4v) is 1.53. The molecule has 0 aliphatic heterocycles. The molecule has 80 valence electrons. The fraction of sp³-hybridized carbons (Fsp3) is 0.500. The average Bonchev–Trinajstić information content (AvgIpc) is 2.61. The van der Waals surface area contributed by atoms with Crippen LogP contribution in [0.1, 0.15) is 17.9 Å².